The van der Waals surface area contributed by atoms with E-state index in [0.29, 0.717) is 15.7 Å². The maximum absolute atomic E-state index is 13.1. The molecule has 0 saturated heterocycles. The molecule has 0 fully saturated rings. The number of pyridine rings is 1. The van der Waals surface area contributed by atoms with E-state index >= 15 is 0 Å². The Morgan fingerprint density at radius 1 is 1.04 bits per heavy atom. The molecule has 1 aromatic carbocycles. The number of fused-ring (bicyclic) bond motifs is 1. The van der Waals surface area contributed by atoms with Crippen LogP contribution in [-0.2, 0) is 0 Å². The molecular formula is C18H11FN4OS. The van der Waals surface area contributed by atoms with Crippen LogP contribution in [0.2, 0.25) is 0 Å². The van der Waals surface area contributed by atoms with E-state index in [1.165, 1.54) is 34.1 Å². The first-order chi connectivity index (χ1) is 12.2. The highest BCUT2D eigenvalue weighted by molar-refractivity contribution is 7.19. The average molecular weight is 350 g/mol. The van der Waals surface area contributed by atoms with Crippen LogP contribution in [0.4, 0.5) is 4.39 Å². The van der Waals surface area contributed by atoms with Gasteiger partial charge in [-0.25, -0.2) is 9.37 Å². The third-order valence-electron chi connectivity index (χ3n) is 3.47. The molecule has 25 heavy (non-hydrogen) atoms. The molecule has 0 atom stereocenters. The van der Waals surface area contributed by atoms with Crippen molar-refractivity contribution in [2.75, 3.05) is 0 Å². The maximum atomic E-state index is 13.1. The highest BCUT2D eigenvalue weighted by atomic mass is 32.1. The van der Waals surface area contributed by atoms with Crippen molar-refractivity contribution in [1.82, 2.24) is 19.6 Å². The van der Waals surface area contributed by atoms with Crippen LogP contribution in [0.1, 0.15) is 11.4 Å². The number of aromatic nitrogens is 4. The van der Waals surface area contributed by atoms with Crippen molar-refractivity contribution in [2.24, 2.45) is 0 Å². The molecule has 0 amide bonds. The summed E-state index contributed by atoms with van der Waals surface area (Å²) in [5.41, 5.74) is 1.78. The van der Waals surface area contributed by atoms with Gasteiger partial charge in [0.1, 0.15) is 10.8 Å². The van der Waals surface area contributed by atoms with E-state index in [2.05, 4.69) is 15.1 Å². The molecule has 0 saturated carbocycles. The molecule has 4 aromatic rings. The molecule has 4 rings (SSSR count). The van der Waals surface area contributed by atoms with Crippen LogP contribution < -0.4 is 5.56 Å². The maximum Gasteiger partial charge on any atom is 0.275 e. The summed E-state index contributed by atoms with van der Waals surface area (Å²) in [6.45, 7) is 0. The summed E-state index contributed by atoms with van der Waals surface area (Å²) in [6.07, 6.45) is 5.23. The van der Waals surface area contributed by atoms with Crippen molar-refractivity contribution in [3.8, 4) is 10.6 Å². The van der Waals surface area contributed by atoms with E-state index in [0.717, 1.165) is 11.3 Å². The van der Waals surface area contributed by atoms with Crippen LogP contribution in [-0.4, -0.2) is 19.6 Å². The molecule has 3 heterocycles. The minimum atomic E-state index is -0.318. The number of hydrogen-bond donors (Lipinski definition) is 0. The summed E-state index contributed by atoms with van der Waals surface area (Å²) in [7, 11) is 0. The Morgan fingerprint density at radius 2 is 1.84 bits per heavy atom. The molecule has 0 aliphatic carbocycles. The van der Waals surface area contributed by atoms with Gasteiger partial charge in [0.25, 0.3) is 5.56 Å². The lowest BCUT2D eigenvalue weighted by Crippen LogP contribution is -2.14. The molecule has 0 unspecified atom stereocenters. The Bertz CT molecular complexity index is 1120. The fraction of sp³-hybridized carbons (Fsp3) is 0. The quantitative estimate of drug-likeness (QED) is 0.567. The summed E-state index contributed by atoms with van der Waals surface area (Å²) >= 11 is 1.28. The van der Waals surface area contributed by atoms with Gasteiger partial charge >= 0.3 is 0 Å². The summed E-state index contributed by atoms with van der Waals surface area (Å²) < 4.78 is 14.3. The molecule has 0 spiro atoms. The van der Waals surface area contributed by atoms with Crippen molar-refractivity contribution >= 4 is 28.4 Å². The number of benzene rings is 1. The molecule has 3 aromatic heterocycles. The standard InChI is InChI=1S/C18H11FN4OS/c19-13-6-4-12(5-7-13)17-22-23-16(24)11-15(21-18(23)25-17)9-8-14-3-1-2-10-20-14/h1-11H/b9-8+. The summed E-state index contributed by atoms with van der Waals surface area (Å²) in [5.74, 6) is -0.318. The summed E-state index contributed by atoms with van der Waals surface area (Å²) in [6, 6.07) is 13.0. The lowest BCUT2D eigenvalue weighted by Gasteiger charge is -1.94. The topological polar surface area (TPSA) is 60.2 Å². The molecule has 7 heteroatoms. The van der Waals surface area contributed by atoms with E-state index in [1.54, 1.807) is 30.5 Å². The van der Waals surface area contributed by atoms with Crippen LogP contribution in [0.25, 0.3) is 27.7 Å². The largest absolute Gasteiger partial charge is 0.275 e. The Morgan fingerprint density at radius 3 is 2.60 bits per heavy atom. The SMILES string of the molecule is O=c1cc(/C=C/c2ccccn2)nc2sc(-c3ccc(F)cc3)nn12. The highest BCUT2D eigenvalue weighted by Crippen LogP contribution is 2.24. The number of nitrogens with zero attached hydrogens (tertiary/aromatic N) is 4. The number of rotatable bonds is 3. The van der Waals surface area contributed by atoms with E-state index in [-0.39, 0.29) is 11.4 Å². The Balaban J connectivity index is 1.73. The summed E-state index contributed by atoms with van der Waals surface area (Å²) in [5, 5.41) is 4.88. The van der Waals surface area contributed by atoms with Crippen LogP contribution in [0, 0.1) is 5.82 Å². The van der Waals surface area contributed by atoms with Crippen molar-refractivity contribution in [2.45, 2.75) is 0 Å². The van der Waals surface area contributed by atoms with E-state index in [4.69, 9.17) is 0 Å². The van der Waals surface area contributed by atoms with Crippen LogP contribution in [0.5, 0.6) is 0 Å². The molecular weight excluding hydrogens is 339 g/mol. The van der Waals surface area contributed by atoms with Crippen LogP contribution in [0.15, 0.2) is 59.5 Å². The fourth-order valence-electron chi connectivity index (χ4n) is 2.27. The third kappa shape index (κ3) is 3.22. The second-order valence-corrected chi connectivity index (χ2v) is 6.17. The first kappa shape index (κ1) is 15.3. The zero-order valence-electron chi connectivity index (χ0n) is 12.8. The second kappa shape index (κ2) is 6.37. The number of halogens is 1. The van der Waals surface area contributed by atoms with E-state index < -0.39 is 0 Å². The number of hydrogen-bond acceptors (Lipinski definition) is 5. The Labute approximate surface area is 145 Å². The third-order valence-corrected chi connectivity index (χ3v) is 4.43. The lowest BCUT2D eigenvalue weighted by molar-refractivity contribution is 0.628. The summed E-state index contributed by atoms with van der Waals surface area (Å²) in [4.78, 5) is 21.4. The minimum absolute atomic E-state index is 0.268. The van der Waals surface area contributed by atoms with Gasteiger partial charge in [-0.2, -0.15) is 9.61 Å². The predicted molar refractivity (Wildman–Crippen MR) is 95.7 cm³/mol. The minimum Gasteiger partial charge on any atom is -0.267 e. The van der Waals surface area contributed by atoms with Gasteiger partial charge in [0.05, 0.1) is 11.4 Å². The first-order valence-electron chi connectivity index (χ1n) is 7.45. The van der Waals surface area contributed by atoms with Gasteiger partial charge in [-0.05, 0) is 48.6 Å². The van der Waals surface area contributed by atoms with Crippen molar-refractivity contribution in [3.05, 3.63) is 82.3 Å². The fourth-order valence-corrected chi connectivity index (χ4v) is 3.19. The van der Waals surface area contributed by atoms with Gasteiger partial charge in [-0.1, -0.05) is 17.4 Å². The van der Waals surface area contributed by atoms with E-state index in [1.807, 2.05) is 18.2 Å². The Kier molecular flexibility index (Phi) is 3.91. The predicted octanol–water partition coefficient (Wildman–Crippen LogP) is 3.52. The molecule has 0 aliphatic heterocycles. The zero-order chi connectivity index (χ0) is 17.2. The van der Waals surface area contributed by atoms with Crippen molar-refractivity contribution in [3.63, 3.8) is 0 Å². The first-order valence-corrected chi connectivity index (χ1v) is 8.27. The van der Waals surface area contributed by atoms with Gasteiger partial charge in [0.2, 0.25) is 4.96 Å². The van der Waals surface area contributed by atoms with Crippen LogP contribution in [0.3, 0.4) is 0 Å². The molecule has 0 radical (unpaired) electrons. The molecule has 0 N–H and O–H groups in total. The van der Waals surface area contributed by atoms with Crippen molar-refractivity contribution < 1.29 is 4.39 Å². The van der Waals surface area contributed by atoms with Gasteiger partial charge in [0, 0.05) is 17.8 Å². The zero-order valence-corrected chi connectivity index (χ0v) is 13.7. The lowest BCUT2D eigenvalue weighted by atomic mass is 10.2. The van der Waals surface area contributed by atoms with Crippen LogP contribution >= 0.6 is 11.3 Å². The van der Waals surface area contributed by atoms with Gasteiger partial charge in [0.15, 0.2) is 0 Å². The average Bonchev–Trinajstić information content (AvgIpc) is 3.06. The smallest absolute Gasteiger partial charge is 0.267 e. The van der Waals surface area contributed by atoms with Gasteiger partial charge < -0.3 is 0 Å². The molecule has 0 aliphatic rings. The molecule has 5 nitrogen and oxygen atoms in total. The monoisotopic (exact) mass is 350 g/mol. The Hall–Kier alpha value is -3.19. The van der Waals surface area contributed by atoms with Gasteiger partial charge in [-0.15, -0.1) is 0 Å². The highest BCUT2D eigenvalue weighted by Gasteiger charge is 2.10. The molecule has 122 valence electrons. The molecule has 0 bridgehead atoms. The van der Waals surface area contributed by atoms with E-state index in [9.17, 15) is 9.18 Å². The van der Waals surface area contributed by atoms with Gasteiger partial charge in [-0.3, -0.25) is 9.78 Å². The normalized spacial score (nSPS) is 11.4. The second-order valence-electron chi connectivity index (χ2n) is 5.22. The van der Waals surface area contributed by atoms with Crippen molar-refractivity contribution in [1.29, 1.82) is 0 Å².